The zero-order valence-corrected chi connectivity index (χ0v) is 6.24. The lowest BCUT2D eigenvalue weighted by molar-refractivity contribution is 0.112. The van der Waals surface area contributed by atoms with E-state index in [2.05, 4.69) is 0 Å². The Kier molecular flexibility index (Phi) is 2.31. The molecule has 1 N–H and O–H groups in total. The van der Waals surface area contributed by atoms with E-state index >= 15 is 0 Å². The van der Waals surface area contributed by atoms with Crippen LogP contribution in [0.25, 0.3) is 0 Å². The van der Waals surface area contributed by atoms with Crippen molar-refractivity contribution in [3.8, 4) is 5.75 Å². The molecule has 0 amide bonds. The van der Waals surface area contributed by atoms with Gasteiger partial charge in [-0.2, -0.15) is 0 Å². The Labute approximate surface area is 66.1 Å². The van der Waals surface area contributed by atoms with Crippen molar-refractivity contribution in [3.05, 3.63) is 23.8 Å². The summed E-state index contributed by atoms with van der Waals surface area (Å²) < 4.78 is 0. The van der Waals surface area contributed by atoms with Gasteiger partial charge in [-0.1, -0.05) is 18.4 Å². The third kappa shape index (κ3) is 1.61. The van der Waals surface area contributed by atoms with Crippen LogP contribution in [0, 0.1) is 0 Å². The van der Waals surface area contributed by atoms with E-state index in [4.69, 9.17) is 5.11 Å². The standard InChI is InChI=1S/C8H8BO2/c1-9-8-3-2-7(11)4-6(8)5-10/h2-5,11H,1H3. The molecule has 2 nitrogen and oxygen atoms in total. The first-order valence-corrected chi connectivity index (χ1v) is 3.35. The van der Waals surface area contributed by atoms with Gasteiger partial charge in [0.2, 0.25) is 0 Å². The molecule has 1 aromatic rings. The average molecular weight is 147 g/mol. The molecule has 0 heterocycles. The van der Waals surface area contributed by atoms with Crippen molar-refractivity contribution in [2.24, 2.45) is 0 Å². The molecule has 3 heteroatoms. The molecule has 55 valence electrons. The lowest BCUT2D eigenvalue weighted by Gasteiger charge is -1.99. The van der Waals surface area contributed by atoms with Gasteiger partial charge in [0.1, 0.15) is 19.3 Å². The van der Waals surface area contributed by atoms with E-state index in [9.17, 15) is 4.79 Å². The van der Waals surface area contributed by atoms with Crippen LogP contribution in [0.2, 0.25) is 6.82 Å². The maximum atomic E-state index is 10.4. The summed E-state index contributed by atoms with van der Waals surface area (Å²) in [6, 6.07) is 4.71. The Morgan fingerprint density at radius 1 is 1.55 bits per heavy atom. The predicted octanol–water partition coefficient (Wildman–Crippen LogP) is 0.582. The summed E-state index contributed by atoms with van der Waals surface area (Å²) in [6.45, 7) is 1.85. The predicted molar refractivity (Wildman–Crippen MR) is 44.7 cm³/mol. The summed E-state index contributed by atoms with van der Waals surface area (Å²) in [6.07, 6.45) is 0.731. The highest BCUT2D eigenvalue weighted by molar-refractivity contribution is 6.53. The molecule has 0 spiro atoms. The van der Waals surface area contributed by atoms with Crippen LogP contribution < -0.4 is 5.46 Å². The molecular formula is C8H8BO2. The molecular weight excluding hydrogens is 139 g/mol. The van der Waals surface area contributed by atoms with Gasteiger partial charge in [-0.15, -0.1) is 0 Å². The minimum absolute atomic E-state index is 0.123. The Morgan fingerprint density at radius 2 is 2.27 bits per heavy atom. The van der Waals surface area contributed by atoms with E-state index < -0.39 is 0 Å². The van der Waals surface area contributed by atoms with Gasteiger partial charge in [-0.3, -0.25) is 4.79 Å². The normalized spacial score (nSPS) is 9.18. The number of rotatable bonds is 2. The highest BCUT2D eigenvalue weighted by Gasteiger charge is 1.99. The average Bonchev–Trinajstić information content (AvgIpc) is 2.04. The summed E-state index contributed by atoms with van der Waals surface area (Å²) in [5.74, 6) is 0.123. The molecule has 0 saturated carbocycles. The van der Waals surface area contributed by atoms with E-state index in [-0.39, 0.29) is 5.75 Å². The van der Waals surface area contributed by atoms with Crippen molar-refractivity contribution in [1.29, 1.82) is 0 Å². The maximum absolute atomic E-state index is 10.4. The first-order chi connectivity index (χ1) is 5.27. The fraction of sp³-hybridized carbons (Fsp3) is 0.125. The Balaban J connectivity index is 3.16. The summed E-state index contributed by atoms with van der Waals surface area (Å²) in [7, 11) is 1.82. The molecule has 0 aliphatic rings. The van der Waals surface area contributed by atoms with Crippen LogP contribution in [0.3, 0.4) is 0 Å². The lowest BCUT2D eigenvalue weighted by atomic mass is 9.71. The second kappa shape index (κ2) is 3.24. The van der Waals surface area contributed by atoms with E-state index in [1.54, 1.807) is 12.1 Å². The maximum Gasteiger partial charge on any atom is 0.149 e. The SMILES string of the molecule is C[B]c1ccc(O)cc1C=O. The number of phenols is 1. The van der Waals surface area contributed by atoms with Crippen LogP contribution >= 0.6 is 0 Å². The van der Waals surface area contributed by atoms with Gasteiger partial charge >= 0.3 is 0 Å². The summed E-state index contributed by atoms with van der Waals surface area (Å²) in [5, 5.41) is 8.99. The smallest absolute Gasteiger partial charge is 0.149 e. The van der Waals surface area contributed by atoms with Gasteiger partial charge in [-0.25, -0.2) is 0 Å². The van der Waals surface area contributed by atoms with Crippen molar-refractivity contribution in [2.45, 2.75) is 6.82 Å². The van der Waals surface area contributed by atoms with Crippen LogP contribution in [0.15, 0.2) is 18.2 Å². The second-order valence-electron chi connectivity index (χ2n) is 2.22. The molecule has 0 aromatic heterocycles. The summed E-state index contributed by atoms with van der Waals surface area (Å²) in [4.78, 5) is 10.4. The number of carbonyl (C=O) groups is 1. The molecule has 11 heavy (non-hydrogen) atoms. The molecule has 0 fully saturated rings. The molecule has 1 aromatic carbocycles. The first kappa shape index (κ1) is 7.86. The molecule has 0 saturated heterocycles. The molecule has 1 radical (unpaired) electrons. The van der Waals surface area contributed by atoms with Gasteiger partial charge in [0.05, 0.1) is 0 Å². The summed E-state index contributed by atoms with van der Waals surface area (Å²) >= 11 is 0. The van der Waals surface area contributed by atoms with E-state index in [1.165, 1.54) is 6.07 Å². The van der Waals surface area contributed by atoms with Crippen molar-refractivity contribution in [3.63, 3.8) is 0 Å². The highest BCUT2D eigenvalue weighted by Crippen LogP contribution is 2.06. The van der Waals surface area contributed by atoms with Crippen LogP contribution in [0.1, 0.15) is 10.4 Å². The van der Waals surface area contributed by atoms with Gasteiger partial charge in [-0.05, 0) is 12.1 Å². The van der Waals surface area contributed by atoms with Crippen LogP contribution in [-0.4, -0.2) is 18.7 Å². The van der Waals surface area contributed by atoms with Gasteiger partial charge in [0.15, 0.2) is 0 Å². The zero-order valence-electron chi connectivity index (χ0n) is 6.24. The van der Waals surface area contributed by atoms with Crippen molar-refractivity contribution >= 4 is 19.0 Å². The molecule has 0 aliphatic carbocycles. The van der Waals surface area contributed by atoms with Crippen molar-refractivity contribution in [2.75, 3.05) is 0 Å². The van der Waals surface area contributed by atoms with Crippen LogP contribution in [0.5, 0.6) is 5.75 Å². The third-order valence-electron chi connectivity index (χ3n) is 1.51. The number of benzene rings is 1. The third-order valence-corrected chi connectivity index (χ3v) is 1.51. The lowest BCUT2D eigenvalue weighted by Crippen LogP contribution is -2.15. The minimum atomic E-state index is 0.123. The number of phenolic OH excluding ortho intramolecular Hbond substituents is 1. The van der Waals surface area contributed by atoms with E-state index in [0.29, 0.717) is 5.56 Å². The number of carbonyl (C=O) groups excluding carboxylic acids is 1. The minimum Gasteiger partial charge on any atom is -0.508 e. The largest absolute Gasteiger partial charge is 0.508 e. The number of aromatic hydroxyl groups is 1. The van der Waals surface area contributed by atoms with Gasteiger partial charge in [0.25, 0.3) is 0 Å². The molecule has 0 aliphatic heterocycles. The monoisotopic (exact) mass is 147 g/mol. The Morgan fingerprint density at radius 3 is 2.82 bits per heavy atom. The van der Waals surface area contributed by atoms with Crippen LogP contribution in [0.4, 0.5) is 0 Å². The fourth-order valence-electron chi connectivity index (χ4n) is 0.927. The topological polar surface area (TPSA) is 37.3 Å². The fourth-order valence-corrected chi connectivity index (χ4v) is 0.927. The quantitative estimate of drug-likeness (QED) is 0.490. The van der Waals surface area contributed by atoms with Crippen molar-refractivity contribution < 1.29 is 9.90 Å². The zero-order chi connectivity index (χ0) is 8.27. The van der Waals surface area contributed by atoms with Crippen LogP contribution in [-0.2, 0) is 0 Å². The molecule has 0 atom stereocenters. The van der Waals surface area contributed by atoms with E-state index in [0.717, 1.165) is 11.7 Å². The van der Waals surface area contributed by atoms with Gasteiger partial charge in [0, 0.05) is 5.56 Å². The first-order valence-electron chi connectivity index (χ1n) is 3.35. The Bertz CT molecular complexity index is 271. The second-order valence-corrected chi connectivity index (χ2v) is 2.22. The number of hydrogen-bond acceptors (Lipinski definition) is 2. The van der Waals surface area contributed by atoms with Gasteiger partial charge < -0.3 is 5.11 Å². The van der Waals surface area contributed by atoms with Crippen molar-refractivity contribution in [1.82, 2.24) is 0 Å². The van der Waals surface area contributed by atoms with E-state index in [1.807, 2.05) is 14.1 Å². The number of hydrogen-bond donors (Lipinski definition) is 1. The molecule has 1 rings (SSSR count). The highest BCUT2D eigenvalue weighted by atomic mass is 16.3. The molecule has 0 bridgehead atoms. The Hall–Kier alpha value is -1.25. The number of aldehydes is 1. The molecule has 0 unspecified atom stereocenters. The summed E-state index contributed by atoms with van der Waals surface area (Å²) in [5.41, 5.74) is 1.37.